The number of pyridine rings is 2. The van der Waals surface area contributed by atoms with Crippen LogP contribution in [0.1, 0.15) is 13.8 Å². The number of thiophene rings is 1. The van der Waals surface area contributed by atoms with Crippen LogP contribution in [0.2, 0.25) is 0 Å². The van der Waals surface area contributed by atoms with Gasteiger partial charge in [-0.05, 0) is 41.3 Å². The minimum absolute atomic E-state index is 0.0354. The van der Waals surface area contributed by atoms with Gasteiger partial charge in [-0.15, -0.1) is 11.3 Å². The molecule has 0 unspecified atom stereocenters. The zero-order valence-electron chi connectivity index (χ0n) is 19.2. The van der Waals surface area contributed by atoms with E-state index in [1.165, 1.54) is 4.88 Å². The van der Waals surface area contributed by atoms with Crippen molar-refractivity contribution >= 4 is 44.7 Å². The Morgan fingerprint density at radius 3 is 2.66 bits per heavy atom. The van der Waals surface area contributed by atoms with Crippen LogP contribution < -0.4 is 5.32 Å². The molecule has 0 aliphatic carbocycles. The molecule has 5 heterocycles. The molecular weight excluding hydrogens is 456 g/mol. The minimum atomic E-state index is -0.102. The van der Waals surface area contributed by atoms with Gasteiger partial charge in [-0.2, -0.15) is 5.10 Å². The third kappa shape index (κ3) is 3.87. The Hall–Kier alpha value is -4.30. The second-order valence-electron chi connectivity index (χ2n) is 8.75. The number of rotatable bonds is 5. The summed E-state index contributed by atoms with van der Waals surface area (Å²) in [7, 11) is 0. The number of anilines is 1. The second kappa shape index (κ2) is 8.48. The topological polar surface area (TPSA) is 99.3 Å². The first kappa shape index (κ1) is 21.2. The smallest absolute Gasteiger partial charge is 0.226 e. The molecule has 35 heavy (non-hydrogen) atoms. The summed E-state index contributed by atoms with van der Waals surface area (Å²) in [5, 5.41) is 14.9. The van der Waals surface area contributed by atoms with Crippen LogP contribution in [0.5, 0.6) is 0 Å². The maximum Gasteiger partial charge on any atom is 0.226 e. The van der Waals surface area contributed by atoms with Crippen molar-refractivity contribution in [2.75, 3.05) is 5.32 Å². The number of carbonyl (C=O) groups is 1. The van der Waals surface area contributed by atoms with Crippen molar-refractivity contribution in [3.8, 4) is 33.0 Å². The highest BCUT2D eigenvalue weighted by atomic mass is 32.1. The third-order valence-corrected chi connectivity index (χ3v) is 6.92. The number of benzene rings is 1. The summed E-state index contributed by atoms with van der Waals surface area (Å²) < 4.78 is 0. The zero-order chi connectivity index (χ0) is 23.9. The molecule has 0 saturated carbocycles. The molecular formula is C27H22N6OS. The van der Waals surface area contributed by atoms with E-state index in [0.29, 0.717) is 5.69 Å². The lowest BCUT2D eigenvalue weighted by Gasteiger charge is -2.09. The number of hydrogen-bond acceptors (Lipinski definition) is 5. The van der Waals surface area contributed by atoms with Gasteiger partial charge in [-0.1, -0.05) is 26.0 Å². The molecule has 6 rings (SSSR count). The van der Waals surface area contributed by atoms with Gasteiger partial charge in [0.15, 0.2) is 0 Å². The highest BCUT2D eigenvalue weighted by Gasteiger charge is 2.15. The van der Waals surface area contributed by atoms with Gasteiger partial charge in [-0.25, -0.2) is 0 Å². The fourth-order valence-electron chi connectivity index (χ4n) is 4.16. The average Bonchev–Trinajstić information content (AvgIpc) is 3.62. The normalized spacial score (nSPS) is 11.5. The number of amides is 1. The first-order valence-electron chi connectivity index (χ1n) is 11.3. The van der Waals surface area contributed by atoms with Crippen LogP contribution in [0.3, 0.4) is 0 Å². The molecule has 3 N–H and O–H groups in total. The quantitative estimate of drug-likeness (QED) is 0.264. The lowest BCUT2D eigenvalue weighted by atomic mass is 10.0. The Morgan fingerprint density at radius 2 is 1.83 bits per heavy atom. The van der Waals surface area contributed by atoms with E-state index in [1.54, 1.807) is 23.7 Å². The van der Waals surface area contributed by atoms with E-state index < -0.39 is 0 Å². The first-order valence-corrected chi connectivity index (χ1v) is 12.2. The van der Waals surface area contributed by atoms with Gasteiger partial charge in [0.25, 0.3) is 0 Å². The molecule has 172 valence electrons. The number of aromatic nitrogens is 5. The van der Waals surface area contributed by atoms with Crippen molar-refractivity contribution in [2.24, 2.45) is 5.92 Å². The van der Waals surface area contributed by atoms with Crippen LogP contribution in [-0.2, 0) is 4.79 Å². The molecule has 0 aliphatic heterocycles. The van der Waals surface area contributed by atoms with Gasteiger partial charge >= 0.3 is 0 Å². The molecule has 0 fully saturated rings. The molecule has 8 heteroatoms. The Labute approximate surface area is 205 Å². The van der Waals surface area contributed by atoms with Gasteiger partial charge in [0, 0.05) is 45.1 Å². The molecule has 1 aromatic carbocycles. The summed E-state index contributed by atoms with van der Waals surface area (Å²) in [6.07, 6.45) is 7.21. The fraction of sp³-hybridized carbons (Fsp3) is 0.111. The van der Waals surface area contributed by atoms with E-state index in [-0.39, 0.29) is 11.8 Å². The summed E-state index contributed by atoms with van der Waals surface area (Å²) in [4.78, 5) is 25.6. The lowest BCUT2D eigenvalue weighted by Crippen LogP contribution is -2.17. The highest BCUT2D eigenvalue weighted by molar-refractivity contribution is 7.13. The number of nitrogens with one attached hydrogen (secondary N) is 3. The Kier molecular flexibility index (Phi) is 5.15. The fourth-order valence-corrected chi connectivity index (χ4v) is 4.91. The van der Waals surface area contributed by atoms with Gasteiger partial charge in [0.1, 0.15) is 5.69 Å². The van der Waals surface area contributed by atoms with Crippen molar-refractivity contribution in [3.05, 3.63) is 72.6 Å². The predicted molar refractivity (Wildman–Crippen MR) is 141 cm³/mol. The molecule has 7 nitrogen and oxygen atoms in total. The van der Waals surface area contributed by atoms with Crippen LogP contribution in [0.4, 0.5) is 5.69 Å². The number of carbonyl (C=O) groups excluding carboxylic acids is 1. The molecule has 0 spiro atoms. The standard InChI is InChI=1S/C27H22N6OS/c1-15(2)27(34)30-18-8-17(11-28-12-18)16-5-6-22-20(9-16)26(33-32-22)23-10-19-21(25-4-3-7-35-25)13-29-14-24(19)31-23/h3-15,31H,1-2H3,(H,30,34)(H,32,33). The zero-order valence-corrected chi connectivity index (χ0v) is 20.0. The summed E-state index contributed by atoms with van der Waals surface area (Å²) in [6, 6.07) is 14.4. The molecule has 0 aliphatic rings. The monoisotopic (exact) mass is 478 g/mol. The van der Waals surface area contributed by atoms with Crippen LogP contribution in [0, 0.1) is 5.92 Å². The van der Waals surface area contributed by atoms with Gasteiger partial charge in [0.2, 0.25) is 5.91 Å². The van der Waals surface area contributed by atoms with Crippen LogP contribution in [0.25, 0.3) is 54.8 Å². The van der Waals surface area contributed by atoms with Crippen molar-refractivity contribution in [2.45, 2.75) is 13.8 Å². The van der Waals surface area contributed by atoms with Crippen LogP contribution in [0.15, 0.2) is 72.6 Å². The maximum absolute atomic E-state index is 12.1. The van der Waals surface area contributed by atoms with E-state index in [2.05, 4.69) is 54.0 Å². The van der Waals surface area contributed by atoms with Crippen molar-refractivity contribution in [1.29, 1.82) is 0 Å². The third-order valence-electron chi connectivity index (χ3n) is 6.01. The number of hydrogen-bond donors (Lipinski definition) is 3. The Morgan fingerprint density at radius 1 is 0.943 bits per heavy atom. The first-order chi connectivity index (χ1) is 17.1. The maximum atomic E-state index is 12.1. The minimum Gasteiger partial charge on any atom is -0.352 e. The van der Waals surface area contributed by atoms with E-state index in [4.69, 9.17) is 0 Å². The number of fused-ring (bicyclic) bond motifs is 2. The van der Waals surface area contributed by atoms with Gasteiger partial charge < -0.3 is 10.3 Å². The molecule has 5 aromatic heterocycles. The summed E-state index contributed by atoms with van der Waals surface area (Å²) in [6.45, 7) is 3.73. The van der Waals surface area contributed by atoms with Crippen LogP contribution in [-0.4, -0.2) is 31.1 Å². The van der Waals surface area contributed by atoms with Crippen LogP contribution >= 0.6 is 11.3 Å². The Balaban J connectivity index is 1.41. The predicted octanol–water partition coefficient (Wildman–Crippen LogP) is 6.49. The van der Waals surface area contributed by atoms with Gasteiger partial charge in [-0.3, -0.25) is 19.9 Å². The molecule has 6 aromatic rings. The average molecular weight is 479 g/mol. The number of H-pyrrole nitrogens is 2. The SMILES string of the molecule is CC(C)C(=O)Nc1cncc(-c2ccc3[nH]nc(-c4cc5c(-c6cccs6)cncc5[nH]4)c3c2)c1. The largest absolute Gasteiger partial charge is 0.352 e. The molecule has 0 atom stereocenters. The second-order valence-corrected chi connectivity index (χ2v) is 9.70. The van der Waals surface area contributed by atoms with E-state index in [1.807, 2.05) is 50.5 Å². The van der Waals surface area contributed by atoms with E-state index >= 15 is 0 Å². The molecule has 0 bridgehead atoms. The van der Waals surface area contributed by atoms with Gasteiger partial charge in [0.05, 0.1) is 34.8 Å². The number of nitrogens with zero attached hydrogens (tertiary/aromatic N) is 3. The Bertz CT molecular complexity index is 1680. The van der Waals surface area contributed by atoms with E-state index in [0.717, 1.165) is 49.9 Å². The van der Waals surface area contributed by atoms with Crippen molar-refractivity contribution in [3.63, 3.8) is 0 Å². The highest BCUT2D eigenvalue weighted by Crippen LogP contribution is 2.36. The molecule has 0 saturated heterocycles. The lowest BCUT2D eigenvalue weighted by molar-refractivity contribution is -0.118. The number of aromatic amines is 2. The summed E-state index contributed by atoms with van der Waals surface area (Å²) in [5.74, 6) is -0.137. The summed E-state index contributed by atoms with van der Waals surface area (Å²) in [5.41, 5.74) is 7.36. The summed E-state index contributed by atoms with van der Waals surface area (Å²) >= 11 is 1.70. The molecule has 1 amide bonds. The van der Waals surface area contributed by atoms with E-state index in [9.17, 15) is 4.79 Å². The van der Waals surface area contributed by atoms with Crippen molar-refractivity contribution in [1.82, 2.24) is 25.1 Å². The van der Waals surface area contributed by atoms with Crippen molar-refractivity contribution < 1.29 is 4.79 Å². The molecule has 0 radical (unpaired) electrons.